The van der Waals surface area contributed by atoms with Crippen molar-refractivity contribution in [2.24, 2.45) is 0 Å². The minimum absolute atomic E-state index is 0.00260. The molecule has 1 aliphatic heterocycles. The summed E-state index contributed by atoms with van der Waals surface area (Å²) in [5.74, 6) is 0.684. The molecule has 0 radical (unpaired) electrons. The van der Waals surface area contributed by atoms with Crippen LogP contribution in [0.2, 0.25) is 0 Å². The SMILES string of the molecule is Cc1c(C(=O)N(CCO)C(C)C)sc2ncnc(NCC3(c4ccccc4)CCOCC3)c12. The normalized spacial score (nSPS) is 15.7. The number of nitrogens with one attached hydrogen (secondary N) is 1. The molecule has 2 N–H and O–H groups in total. The second-order valence-electron chi connectivity index (χ2n) is 8.89. The second kappa shape index (κ2) is 10.2. The van der Waals surface area contributed by atoms with E-state index in [2.05, 4.69) is 39.6 Å². The number of aryl methyl sites for hydroxylation is 1. The van der Waals surface area contributed by atoms with Crippen LogP contribution in [0.4, 0.5) is 5.82 Å². The van der Waals surface area contributed by atoms with Crippen LogP contribution in [0.25, 0.3) is 10.2 Å². The molecule has 3 aromatic rings. The van der Waals surface area contributed by atoms with Crippen molar-refractivity contribution in [1.82, 2.24) is 14.9 Å². The fourth-order valence-electron chi connectivity index (χ4n) is 4.62. The van der Waals surface area contributed by atoms with Crippen LogP contribution >= 0.6 is 11.3 Å². The van der Waals surface area contributed by atoms with Crippen LogP contribution in [-0.4, -0.2) is 64.8 Å². The molecule has 1 aromatic carbocycles. The monoisotopic (exact) mass is 468 g/mol. The summed E-state index contributed by atoms with van der Waals surface area (Å²) in [6.45, 7) is 8.32. The van der Waals surface area contributed by atoms with Crippen LogP contribution < -0.4 is 5.32 Å². The van der Waals surface area contributed by atoms with Crippen molar-refractivity contribution in [2.45, 2.75) is 45.1 Å². The Morgan fingerprint density at radius 2 is 1.97 bits per heavy atom. The molecule has 0 atom stereocenters. The number of hydrogen-bond acceptors (Lipinski definition) is 7. The zero-order valence-electron chi connectivity index (χ0n) is 19.5. The molecule has 176 valence electrons. The minimum Gasteiger partial charge on any atom is -0.395 e. The summed E-state index contributed by atoms with van der Waals surface area (Å²) < 4.78 is 5.67. The van der Waals surface area contributed by atoms with E-state index in [0.717, 1.165) is 54.2 Å². The second-order valence-corrected chi connectivity index (χ2v) is 9.89. The summed E-state index contributed by atoms with van der Waals surface area (Å²) in [6.07, 6.45) is 3.44. The lowest BCUT2D eigenvalue weighted by molar-refractivity contribution is 0.0543. The summed E-state index contributed by atoms with van der Waals surface area (Å²) in [5, 5.41) is 13.9. The lowest BCUT2D eigenvalue weighted by Gasteiger charge is -2.38. The first-order chi connectivity index (χ1) is 16.0. The predicted octanol–water partition coefficient (Wildman–Crippen LogP) is 4.00. The van der Waals surface area contributed by atoms with Gasteiger partial charge in [0.2, 0.25) is 0 Å². The van der Waals surface area contributed by atoms with Crippen molar-refractivity contribution in [2.75, 3.05) is 38.2 Å². The molecule has 0 unspecified atom stereocenters. The third-order valence-electron chi connectivity index (χ3n) is 6.58. The van der Waals surface area contributed by atoms with Crippen molar-refractivity contribution < 1.29 is 14.6 Å². The molecule has 3 heterocycles. The molecule has 0 bridgehead atoms. The number of anilines is 1. The van der Waals surface area contributed by atoms with E-state index in [1.54, 1.807) is 11.2 Å². The molecule has 1 fully saturated rings. The molecule has 7 nitrogen and oxygen atoms in total. The summed E-state index contributed by atoms with van der Waals surface area (Å²) in [6, 6.07) is 10.6. The summed E-state index contributed by atoms with van der Waals surface area (Å²) in [4.78, 5) is 25.4. The van der Waals surface area contributed by atoms with Crippen LogP contribution in [0, 0.1) is 6.92 Å². The average molecular weight is 469 g/mol. The number of aromatic nitrogens is 2. The van der Waals surface area contributed by atoms with Gasteiger partial charge in [0.05, 0.1) is 16.9 Å². The standard InChI is InChI=1S/C25H32N4O3S/c1-17(2)29(11-12-30)24(31)21-18(3)20-22(27-16-28-23(20)33-21)26-15-25(9-13-32-14-10-25)19-7-5-4-6-8-19/h4-8,16-17,30H,9-15H2,1-3H3,(H,26,27,28). The first-order valence-corrected chi connectivity index (χ1v) is 12.3. The van der Waals surface area contributed by atoms with Gasteiger partial charge < -0.3 is 20.1 Å². The quantitative estimate of drug-likeness (QED) is 0.520. The number of aliphatic hydroxyl groups excluding tert-OH is 1. The molecule has 2 aromatic heterocycles. The van der Waals surface area contributed by atoms with Gasteiger partial charge in [-0.1, -0.05) is 30.3 Å². The molecule has 1 amide bonds. The van der Waals surface area contributed by atoms with Gasteiger partial charge in [-0.2, -0.15) is 0 Å². The number of benzene rings is 1. The lowest BCUT2D eigenvalue weighted by atomic mass is 9.74. The Labute approximate surface area is 198 Å². The Morgan fingerprint density at radius 3 is 2.64 bits per heavy atom. The van der Waals surface area contributed by atoms with Gasteiger partial charge in [0.15, 0.2) is 0 Å². The highest BCUT2D eigenvalue weighted by Gasteiger charge is 2.35. The molecule has 0 saturated carbocycles. The summed E-state index contributed by atoms with van der Waals surface area (Å²) in [5.41, 5.74) is 2.16. The van der Waals surface area contributed by atoms with Gasteiger partial charge in [-0.15, -0.1) is 11.3 Å². The topological polar surface area (TPSA) is 87.6 Å². The first-order valence-electron chi connectivity index (χ1n) is 11.5. The number of nitrogens with zero attached hydrogens (tertiary/aromatic N) is 3. The van der Waals surface area contributed by atoms with Crippen molar-refractivity contribution >= 4 is 33.3 Å². The zero-order valence-corrected chi connectivity index (χ0v) is 20.3. The number of carbonyl (C=O) groups is 1. The van der Waals surface area contributed by atoms with Gasteiger partial charge in [0, 0.05) is 37.8 Å². The predicted molar refractivity (Wildman–Crippen MR) is 132 cm³/mol. The van der Waals surface area contributed by atoms with Crippen LogP contribution in [-0.2, 0) is 10.2 Å². The maximum absolute atomic E-state index is 13.3. The molecule has 1 saturated heterocycles. The number of carbonyl (C=O) groups excluding carboxylic acids is 1. The van der Waals surface area contributed by atoms with Crippen molar-refractivity contribution in [3.63, 3.8) is 0 Å². The molecule has 0 spiro atoms. The fourth-order valence-corrected chi connectivity index (χ4v) is 5.72. The number of rotatable bonds is 8. The van der Waals surface area contributed by atoms with E-state index in [-0.39, 0.29) is 24.0 Å². The highest BCUT2D eigenvalue weighted by atomic mass is 32.1. The first kappa shape index (κ1) is 23.6. The van der Waals surface area contributed by atoms with Crippen LogP contribution in [0.1, 0.15) is 47.5 Å². The number of fused-ring (bicyclic) bond motifs is 1. The van der Waals surface area contributed by atoms with Gasteiger partial charge in [0.1, 0.15) is 17.0 Å². The number of aliphatic hydroxyl groups is 1. The minimum atomic E-state index is -0.0734. The molecule has 0 aliphatic carbocycles. The molecule has 8 heteroatoms. The third kappa shape index (κ3) is 4.74. The Bertz CT molecular complexity index is 1090. The number of thiophene rings is 1. The van der Waals surface area contributed by atoms with E-state index in [4.69, 9.17) is 4.74 Å². The molecular formula is C25H32N4O3S. The Hall–Kier alpha value is -2.55. The number of hydrogen-bond donors (Lipinski definition) is 2. The van der Waals surface area contributed by atoms with Gasteiger partial charge in [0.25, 0.3) is 5.91 Å². The lowest BCUT2D eigenvalue weighted by Crippen LogP contribution is -2.40. The van der Waals surface area contributed by atoms with Crippen LogP contribution in [0.15, 0.2) is 36.7 Å². The fraction of sp³-hybridized carbons (Fsp3) is 0.480. The number of ether oxygens (including phenoxy) is 1. The molecular weight excluding hydrogens is 436 g/mol. The highest BCUT2D eigenvalue weighted by molar-refractivity contribution is 7.20. The van der Waals surface area contributed by atoms with E-state index in [0.29, 0.717) is 11.4 Å². The van der Waals surface area contributed by atoms with Gasteiger partial charge in [-0.3, -0.25) is 4.79 Å². The maximum Gasteiger partial charge on any atom is 0.264 e. The van der Waals surface area contributed by atoms with Gasteiger partial charge in [-0.25, -0.2) is 9.97 Å². The smallest absolute Gasteiger partial charge is 0.264 e. The van der Waals surface area contributed by atoms with Crippen LogP contribution in [0.3, 0.4) is 0 Å². The third-order valence-corrected chi connectivity index (χ3v) is 7.76. The Kier molecular flexibility index (Phi) is 7.26. The van der Waals surface area contributed by atoms with Gasteiger partial charge >= 0.3 is 0 Å². The zero-order chi connectivity index (χ0) is 23.4. The largest absolute Gasteiger partial charge is 0.395 e. The highest BCUT2D eigenvalue weighted by Crippen LogP contribution is 2.38. The molecule has 4 rings (SSSR count). The summed E-state index contributed by atoms with van der Waals surface area (Å²) in [7, 11) is 0. The van der Waals surface area contributed by atoms with Crippen molar-refractivity contribution in [3.05, 3.63) is 52.7 Å². The Morgan fingerprint density at radius 1 is 1.24 bits per heavy atom. The Balaban J connectivity index is 1.65. The summed E-state index contributed by atoms with van der Waals surface area (Å²) >= 11 is 1.39. The molecule has 33 heavy (non-hydrogen) atoms. The van der Waals surface area contributed by atoms with E-state index in [9.17, 15) is 9.90 Å². The number of amides is 1. The maximum atomic E-state index is 13.3. The average Bonchev–Trinajstić information content (AvgIpc) is 3.19. The van der Waals surface area contributed by atoms with E-state index < -0.39 is 0 Å². The van der Waals surface area contributed by atoms with E-state index >= 15 is 0 Å². The van der Waals surface area contributed by atoms with Crippen molar-refractivity contribution in [3.8, 4) is 0 Å². The van der Waals surface area contributed by atoms with Gasteiger partial charge in [-0.05, 0) is 44.7 Å². The van der Waals surface area contributed by atoms with Crippen molar-refractivity contribution in [1.29, 1.82) is 0 Å². The van der Waals surface area contributed by atoms with E-state index in [1.165, 1.54) is 16.9 Å². The van der Waals surface area contributed by atoms with E-state index in [1.807, 2.05) is 26.8 Å². The van der Waals surface area contributed by atoms with Crippen LogP contribution in [0.5, 0.6) is 0 Å². The molecule has 1 aliphatic rings.